The number of alkyl halides is 2. The van der Waals surface area contributed by atoms with E-state index < -0.39 is 31.1 Å². The summed E-state index contributed by atoms with van der Waals surface area (Å²) in [6, 6.07) is 4.47. The van der Waals surface area contributed by atoms with Crippen molar-refractivity contribution in [3.8, 4) is 5.75 Å². The number of hydrogen-bond donors (Lipinski definition) is 2. The molecule has 1 rings (SSSR count). The van der Waals surface area contributed by atoms with Crippen molar-refractivity contribution in [1.29, 1.82) is 0 Å². The number of carbonyl (C=O) groups is 1. The number of halogens is 4. The molecule has 2 N–H and O–H groups in total. The Morgan fingerprint density at radius 2 is 2.10 bits per heavy atom. The number of nitrogens with one attached hydrogen (secondary N) is 1. The SMILES string of the molecule is CC(Oc1ccc(Cl)cc1Cl)C(=O)NCC(O)C(F)F. The molecule has 8 heteroatoms. The number of rotatable bonds is 6. The van der Waals surface area contributed by atoms with Crippen LogP contribution in [-0.2, 0) is 4.79 Å². The second kappa shape index (κ2) is 7.61. The average Bonchev–Trinajstić information content (AvgIpc) is 2.38. The third kappa shape index (κ3) is 5.11. The predicted octanol–water partition coefficient (Wildman–Crippen LogP) is 2.50. The third-order valence-electron chi connectivity index (χ3n) is 2.34. The maximum absolute atomic E-state index is 12.1. The van der Waals surface area contributed by atoms with Gasteiger partial charge in [0.25, 0.3) is 12.3 Å². The van der Waals surface area contributed by atoms with Crippen LogP contribution in [-0.4, -0.2) is 36.2 Å². The van der Waals surface area contributed by atoms with Gasteiger partial charge in [-0.15, -0.1) is 0 Å². The smallest absolute Gasteiger partial charge is 0.265 e. The number of ether oxygens (including phenoxy) is 1. The zero-order chi connectivity index (χ0) is 15.3. The number of hydrogen-bond acceptors (Lipinski definition) is 3. The second-order valence-corrected chi connectivity index (χ2v) is 4.83. The van der Waals surface area contributed by atoms with Crippen molar-refractivity contribution >= 4 is 29.1 Å². The molecule has 0 fully saturated rings. The van der Waals surface area contributed by atoms with Gasteiger partial charge in [-0.05, 0) is 25.1 Å². The number of carbonyl (C=O) groups excluding carboxylic acids is 1. The molecule has 20 heavy (non-hydrogen) atoms. The number of aliphatic hydroxyl groups excluding tert-OH is 1. The lowest BCUT2D eigenvalue weighted by Crippen LogP contribution is -2.42. The molecule has 2 unspecified atom stereocenters. The molecule has 0 aromatic heterocycles. The Morgan fingerprint density at radius 3 is 2.65 bits per heavy atom. The van der Waals surface area contributed by atoms with Gasteiger partial charge in [-0.2, -0.15) is 0 Å². The Labute approximate surface area is 124 Å². The van der Waals surface area contributed by atoms with E-state index in [1.165, 1.54) is 25.1 Å². The lowest BCUT2D eigenvalue weighted by atomic mass is 10.3. The van der Waals surface area contributed by atoms with E-state index in [0.717, 1.165) is 0 Å². The molecule has 2 atom stereocenters. The molecule has 4 nitrogen and oxygen atoms in total. The Bertz CT molecular complexity index is 474. The van der Waals surface area contributed by atoms with Gasteiger partial charge in [0.05, 0.1) is 5.02 Å². The molecule has 1 amide bonds. The normalized spacial score (nSPS) is 13.9. The molecule has 0 aliphatic rings. The van der Waals surface area contributed by atoms with Gasteiger partial charge in [0.2, 0.25) is 0 Å². The van der Waals surface area contributed by atoms with Crippen molar-refractivity contribution in [2.75, 3.05) is 6.54 Å². The highest BCUT2D eigenvalue weighted by atomic mass is 35.5. The monoisotopic (exact) mass is 327 g/mol. The molecule has 1 aromatic carbocycles. The Hall–Kier alpha value is -1.11. The molecule has 0 saturated carbocycles. The molecule has 0 heterocycles. The van der Waals surface area contributed by atoms with Crippen LogP contribution in [0.1, 0.15) is 6.92 Å². The minimum absolute atomic E-state index is 0.227. The highest BCUT2D eigenvalue weighted by Gasteiger charge is 2.21. The van der Waals surface area contributed by atoms with Crippen LogP contribution in [0, 0.1) is 0 Å². The van der Waals surface area contributed by atoms with Gasteiger partial charge in [0.15, 0.2) is 6.10 Å². The standard InChI is InChI=1S/C12H13Cl2F2NO3/c1-6(12(19)17-5-9(18)11(15)16)20-10-3-2-7(13)4-8(10)14/h2-4,6,9,11,18H,5H2,1H3,(H,17,19). The number of benzene rings is 1. The van der Waals surface area contributed by atoms with Gasteiger partial charge < -0.3 is 15.2 Å². The van der Waals surface area contributed by atoms with Crippen molar-refractivity contribution in [3.05, 3.63) is 28.2 Å². The maximum Gasteiger partial charge on any atom is 0.265 e. The zero-order valence-electron chi connectivity index (χ0n) is 10.4. The van der Waals surface area contributed by atoms with E-state index in [2.05, 4.69) is 5.32 Å². The molecule has 0 spiro atoms. The number of aliphatic hydroxyl groups is 1. The molecule has 0 radical (unpaired) electrons. The second-order valence-electron chi connectivity index (χ2n) is 3.98. The van der Waals surface area contributed by atoms with Crippen LogP contribution >= 0.6 is 23.2 Å². The maximum atomic E-state index is 12.1. The third-order valence-corrected chi connectivity index (χ3v) is 2.87. The van der Waals surface area contributed by atoms with Gasteiger partial charge in [-0.3, -0.25) is 4.79 Å². The van der Waals surface area contributed by atoms with Gasteiger partial charge in [0.1, 0.15) is 11.9 Å². The van der Waals surface area contributed by atoms with E-state index in [9.17, 15) is 13.6 Å². The lowest BCUT2D eigenvalue weighted by Gasteiger charge is -2.17. The summed E-state index contributed by atoms with van der Waals surface area (Å²) in [7, 11) is 0. The Kier molecular flexibility index (Phi) is 6.45. The summed E-state index contributed by atoms with van der Waals surface area (Å²) in [6.07, 6.45) is -5.79. The van der Waals surface area contributed by atoms with Crippen LogP contribution in [0.4, 0.5) is 8.78 Å². The first-order valence-electron chi connectivity index (χ1n) is 5.67. The number of amides is 1. The topological polar surface area (TPSA) is 58.6 Å². The summed E-state index contributed by atoms with van der Waals surface area (Å²) in [6.45, 7) is 0.869. The summed E-state index contributed by atoms with van der Waals surface area (Å²) in [5.74, 6) is -0.399. The Balaban J connectivity index is 2.53. The van der Waals surface area contributed by atoms with E-state index in [0.29, 0.717) is 5.02 Å². The lowest BCUT2D eigenvalue weighted by molar-refractivity contribution is -0.128. The fourth-order valence-corrected chi connectivity index (χ4v) is 1.71. The molecule has 0 aliphatic carbocycles. The molecular weight excluding hydrogens is 315 g/mol. The van der Waals surface area contributed by atoms with E-state index in [1.54, 1.807) is 0 Å². The molecule has 1 aromatic rings. The average molecular weight is 328 g/mol. The molecular formula is C12H13Cl2F2NO3. The van der Waals surface area contributed by atoms with Crippen molar-refractivity contribution in [2.45, 2.75) is 25.6 Å². The Morgan fingerprint density at radius 1 is 1.45 bits per heavy atom. The highest BCUT2D eigenvalue weighted by Crippen LogP contribution is 2.28. The minimum atomic E-state index is -2.92. The molecule has 0 bridgehead atoms. The largest absolute Gasteiger partial charge is 0.479 e. The summed E-state index contributed by atoms with van der Waals surface area (Å²) < 4.78 is 29.4. The van der Waals surface area contributed by atoms with Gasteiger partial charge in [-0.25, -0.2) is 8.78 Å². The summed E-state index contributed by atoms with van der Waals surface area (Å²) in [4.78, 5) is 11.6. The first-order chi connectivity index (χ1) is 9.31. The van der Waals surface area contributed by atoms with Crippen LogP contribution in [0.15, 0.2) is 18.2 Å². The molecule has 112 valence electrons. The van der Waals surface area contributed by atoms with E-state index in [1.807, 2.05) is 0 Å². The zero-order valence-corrected chi connectivity index (χ0v) is 12.0. The van der Waals surface area contributed by atoms with Crippen LogP contribution in [0.3, 0.4) is 0 Å². The van der Waals surface area contributed by atoms with E-state index in [4.69, 9.17) is 33.0 Å². The van der Waals surface area contributed by atoms with Crippen molar-refractivity contribution in [1.82, 2.24) is 5.32 Å². The first-order valence-corrected chi connectivity index (χ1v) is 6.42. The van der Waals surface area contributed by atoms with Crippen molar-refractivity contribution < 1.29 is 23.4 Å². The van der Waals surface area contributed by atoms with E-state index >= 15 is 0 Å². The predicted molar refractivity (Wildman–Crippen MR) is 71.6 cm³/mol. The summed E-state index contributed by atoms with van der Waals surface area (Å²) in [5.41, 5.74) is 0. The van der Waals surface area contributed by atoms with Gasteiger partial charge >= 0.3 is 0 Å². The van der Waals surface area contributed by atoms with Gasteiger partial charge in [-0.1, -0.05) is 23.2 Å². The summed E-state index contributed by atoms with van der Waals surface area (Å²) in [5, 5.41) is 11.7. The highest BCUT2D eigenvalue weighted by molar-refractivity contribution is 6.35. The summed E-state index contributed by atoms with van der Waals surface area (Å²) >= 11 is 11.6. The fraction of sp³-hybridized carbons (Fsp3) is 0.417. The quantitative estimate of drug-likeness (QED) is 0.844. The van der Waals surface area contributed by atoms with Crippen molar-refractivity contribution in [2.24, 2.45) is 0 Å². The van der Waals surface area contributed by atoms with Crippen LogP contribution < -0.4 is 10.1 Å². The minimum Gasteiger partial charge on any atom is -0.479 e. The fourth-order valence-electron chi connectivity index (χ4n) is 1.25. The van der Waals surface area contributed by atoms with Crippen molar-refractivity contribution in [3.63, 3.8) is 0 Å². The van der Waals surface area contributed by atoms with Crippen LogP contribution in [0.5, 0.6) is 5.75 Å². The van der Waals surface area contributed by atoms with E-state index in [-0.39, 0.29) is 10.8 Å². The van der Waals surface area contributed by atoms with Gasteiger partial charge in [0, 0.05) is 11.6 Å². The molecule has 0 aliphatic heterocycles. The van der Waals surface area contributed by atoms with Crippen LogP contribution in [0.2, 0.25) is 10.0 Å². The van der Waals surface area contributed by atoms with Crippen LogP contribution in [0.25, 0.3) is 0 Å². The first kappa shape index (κ1) is 16.9. The molecule has 0 saturated heterocycles.